The molecular formula is C20H20Cl2N2O4. The summed E-state index contributed by atoms with van der Waals surface area (Å²) < 4.78 is 10.5. The van der Waals surface area contributed by atoms with Gasteiger partial charge in [0.2, 0.25) is 11.8 Å². The number of ether oxygens (including phenoxy) is 2. The lowest BCUT2D eigenvalue weighted by atomic mass is 10.1. The van der Waals surface area contributed by atoms with Crippen LogP contribution in [0.25, 0.3) is 0 Å². The van der Waals surface area contributed by atoms with Crippen LogP contribution in [0.2, 0.25) is 10.0 Å². The van der Waals surface area contributed by atoms with Gasteiger partial charge >= 0.3 is 0 Å². The molecule has 1 fully saturated rings. The van der Waals surface area contributed by atoms with Gasteiger partial charge in [-0.2, -0.15) is 0 Å². The first-order chi connectivity index (χ1) is 13.4. The maximum Gasteiger partial charge on any atom is 0.229 e. The maximum absolute atomic E-state index is 12.7. The van der Waals surface area contributed by atoms with E-state index in [1.54, 1.807) is 23.1 Å². The highest BCUT2D eigenvalue weighted by atomic mass is 35.5. The molecule has 8 heteroatoms. The van der Waals surface area contributed by atoms with Crippen LogP contribution in [-0.2, 0) is 16.1 Å². The Labute approximate surface area is 173 Å². The number of nitrogens with one attached hydrogen (secondary N) is 1. The first-order valence-corrected chi connectivity index (χ1v) is 9.42. The summed E-state index contributed by atoms with van der Waals surface area (Å²) in [5.41, 5.74) is 1.29. The SMILES string of the molecule is COc1cc(NC(=O)[C@@H]2CC(=O)N(Cc3ccccc3Cl)C2)c(OC)cc1Cl. The summed E-state index contributed by atoms with van der Waals surface area (Å²) in [6.45, 7) is 0.698. The number of nitrogens with zero attached hydrogens (tertiary/aromatic N) is 1. The van der Waals surface area contributed by atoms with Gasteiger partial charge in [-0.05, 0) is 11.6 Å². The lowest BCUT2D eigenvalue weighted by Gasteiger charge is -2.18. The number of amides is 2. The molecule has 1 saturated heterocycles. The van der Waals surface area contributed by atoms with Gasteiger partial charge in [0.25, 0.3) is 0 Å². The highest BCUT2D eigenvalue weighted by Crippen LogP contribution is 2.36. The molecule has 0 aromatic heterocycles. The van der Waals surface area contributed by atoms with Crippen LogP contribution in [0.15, 0.2) is 36.4 Å². The Balaban J connectivity index is 1.71. The van der Waals surface area contributed by atoms with Crippen molar-refractivity contribution in [2.45, 2.75) is 13.0 Å². The molecule has 1 heterocycles. The van der Waals surface area contributed by atoms with Crippen LogP contribution in [0.4, 0.5) is 5.69 Å². The zero-order chi connectivity index (χ0) is 20.3. The van der Waals surface area contributed by atoms with E-state index in [-0.39, 0.29) is 18.2 Å². The van der Waals surface area contributed by atoms with Crippen LogP contribution < -0.4 is 14.8 Å². The van der Waals surface area contributed by atoms with Crippen molar-refractivity contribution in [2.75, 3.05) is 26.1 Å². The fraction of sp³-hybridized carbons (Fsp3) is 0.300. The third-order valence-electron chi connectivity index (χ3n) is 4.64. The fourth-order valence-corrected chi connectivity index (χ4v) is 3.55. The molecule has 28 heavy (non-hydrogen) atoms. The second-order valence-corrected chi connectivity index (χ2v) is 7.26. The zero-order valence-electron chi connectivity index (χ0n) is 15.5. The van der Waals surface area contributed by atoms with Crippen LogP contribution in [-0.4, -0.2) is 37.5 Å². The van der Waals surface area contributed by atoms with Crippen LogP contribution in [0.3, 0.4) is 0 Å². The van der Waals surface area contributed by atoms with Gasteiger partial charge in [0.05, 0.1) is 30.8 Å². The number of hydrogen-bond donors (Lipinski definition) is 1. The molecule has 148 valence electrons. The summed E-state index contributed by atoms with van der Waals surface area (Å²) in [6.07, 6.45) is 0.142. The molecule has 1 N–H and O–H groups in total. The number of carbonyl (C=O) groups excluding carboxylic acids is 2. The Kier molecular flexibility index (Phi) is 6.31. The Morgan fingerprint density at radius 1 is 1.14 bits per heavy atom. The molecule has 0 unspecified atom stereocenters. The van der Waals surface area contributed by atoms with Gasteiger partial charge in [0, 0.05) is 36.7 Å². The van der Waals surface area contributed by atoms with Gasteiger partial charge < -0.3 is 19.7 Å². The van der Waals surface area contributed by atoms with E-state index in [0.29, 0.717) is 40.3 Å². The third kappa shape index (κ3) is 4.34. The molecule has 0 bridgehead atoms. The number of rotatable bonds is 6. The highest BCUT2D eigenvalue weighted by Gasteiger charge is 2.34. The zero-order valence-corrected chi connectivity index (χ0v) is 17.0. The average molecular weight is 423 g/mol. The van der Waals surface area contributed by atoms with E-state index in [9.17, 15) is 9.59 Å². The number of anilines is 1. The van der Waals surface area contributed by atoms with Crippen molar-refractivity contribution in [3.05, 3.63) is 52.0 Å². The standard InChI is InChI=1S/C20H20Cl2N2O4/c1-27-17-9-16(18(28-2)8-15(17)22)23-20(26)13-7-19(25)24(11-13)10-12-5-3-4-6-14(12)21/h3-6,8-9,13H,7,10-11H2,1-2H3,(H,23,26)/t13-/m1/s1. The van der Waals surface area contributed by atoms with Crippen molar-refractivity contribution in [1.29, 1.82) is 0 Å². The number of methoxy groups -OCH3 is 2. The van der Waals surface area contributed by atoms with Crippen LogP contribution in [0.1, 0.15) is 12.0 Å². The van der Waals surface area contributed by atoms with Crippen molar-refractivity contribution in [1.82, 2.24) is 4.90 Å². The highest BCUT2D eigenvalue weighted by molar-refractivity contribution is 6.32. The minimum Gasteiger partial charge on any atom is -0.495 e. The van der Waals surface area contributed by atoms with E-state index >= 15 is 0 Å². The van der Waals surface area contributed by atoms with Crippen LogP contribution in [0, 0.1) is 5.92 Å². The van der Waals surface area contributed by atoms with E-state index < -0.39 is 5.92 Å². The Bertz CT molecular complexity index is 904. The minimum absolute atomic E-state index is 0.0827. The van der Waals surface area contributed by atoms with Crippen LogP contribution in [0.5, 0.6) is 11.5 Å². The van der Waals surface area contributed by atoms with Crippen molar-refractivity contribution in [3.63, 3.8) is 0 Å². The molecule has 3 rings (SSSR count). The van der Waals surface area contributed by atoms with Gasteiger partial charge in [-0.3, -0.25) is 9.59 Å². The second kappa shape index (κ2) is 8.71. The largest absolute Gasteiger partial charge is 0.495 e. The van der Waals surface area contributed by atoms with E-state index in [2.05, 4.69) is 5.32 Å². The summed E-state index contributed by atoms with van der Waals surface area (Å²) in [4.78, 5) is 26.7. The first-order valence-electron chi connectivity index (χ1n) is 8.66. The fourth-order valence-electron chi connectivity index (χ4n) is 3.13. The number of likely N-dealkylation sites (tertiary alicyclic amines) is 1. The smallest absolute Gasteiger partial charge is 0.229 e. The predicted octanol–water partition coefficient (Wildman–Crippen LogP) is 4.00. The van der Waals surface area contributed by atoms with Crippen molar-refractivity contribution >= 4 is 40.7 Å². The van der Waals surface area contributed by atoms with E-state index in [1.807, 2.05) is 18.2 Å². The minimum atomic E-state index is -0.471. The molecular weight excluding hydrogens is 403 g/mol. The number of halogens is 2. The summed E-state index contributed by atoms with van der Waals surface area (Å²) in [5.74, 6) is 0.0109. The number of benzene rings is 2. The van der Waals surface area contributed by atoms with E-state index in [0.717, 1.165) is 5.56 Å². The Morgan fingerprint density at radius 2 is 1.86 bits per heavy atom. The average Bonchev–Trinajstić information content (AvgIpc) is 3.05. The summed E-state index contributed by atoms with van der Waals surface area (Å²) in [7, 11) is 2.97. The maximum atomic E-state index is 12.7. The molecule has 0 saturated carbocycles. The normalized spacial score (nSPS) is 16.2. The predicted molar refractivity (Wildman–Crippen MR) is 108 cm³/mol. The quantitative estimate of drug-likeness (QED) is 0.763. The molecule has 1 aliphatic heterocycles. The molecule has 2 aromatic rings. The molecule has 1 aliphatic rings. The monoisotopic (exact) mass is 422 g/mol. The van der Waals surface area contributed by atoms with Gasteiger partial charge in [-0.1, -0.05) is 41.4 Å². The van der Waals surface area contributed by atoms with E-state index in [4.69, 9.17) is 32.7 Å². The summed E-state index contributed by atoms with van der Waals surface area (Å²) in [6, 6.07) is 10.5. The topological polar surface area (TPSA) is 67.9 Å². The van der Waals surface area contributed by atoms with Gasteiger partial charge in [-0.25, -0.2) is 0 Å². The summed E-state index contributed by atoms with van der Waals surface area (Å²) >= 11 is 12.3. The number of hydrogen-bond acceptors (Lipinski definition) is 4. The van der Waals surface area contributed by atoms with Gasteiger partial charge in [-0.15, -0.1) is 0 Å². The molecule has 6 nitrogen and oxygen atoms in total. The van der Waals surface area contributed by atoms with Crippen molar-refractivity contribution < 1.29 is 19.1 Å². The van der Waals surface area contributed by atoms with Gasteiger partial charge in [0.15, 0.2) is 0 Å². The lowest BCUT2D eigenvalue weighted by molar-refractivity contribution is -0.128. The molecule has 1 atom stereocenters. The van der Waals surface area contributed by atoms with Crippen LogP contribution >= 0.6 is 23.2 Å². The first kappa shape index (κ1) is 20.3. The van der Waals surface area contributed by atoms with Crippen molar-refractivity contribution in [3.8, 4) is 11.5 Å². The van der Waals surface area contributed by atoms with E-state index in [1.165, 1.54) is 14.2 Å². The second-order valence-electron chi connectivity index (χ2n) is 6.44. The van der Waals surface area contributed by atoms with Gasteiger partial charge in [0.1, 0.15) is 11.5 Å². The third-order valence-corrected chi connectivity index (χ3v) is 5.30. The summed E-state index contributed by atoms with van der Waals surface area (Å²) in [5, 5.41) is 3.79. The molecule has 0 aliphatic carbocycles. The van der Waals surface area contributed by atoms with Crippen molar-refractivity contribution in [2.24, 2.45) is 5.92 Å². The Morgan fingerprint density at radius 3 is 2.54 bits per heavy atom. The molecule has 2 aromatic carbocycles. The molecule has 0 spiro atoms. The number of carbonyl (C=O) groups is 2. The Hall–Kier alpha value is -2.44. The lowest BCUT2D eigenvalue weighted by Crippen LogP contribution is -2.28. The molecule has 2 amide bonds. The molecule has 0 radical (unpaired) electrons.